The molecule has 4 aromatic rings. The van der Waals surface area contributed by atoms with Gasteiger partial charge < -0.3 is 9.64 Å². The second-order valence-electron chi connectivity index (χ2n) is 8.16. The van der Waals surface area contributed by atoms with Gasteiger partial charge in [0.25, 0.3) is 0 Å². The van der Waals surface area contributed by atoms with Gasteiger partial charge >= 0.3 is 0 Å². The van der Waals surface area contributed by atoms with Crippen molar-refractivity contribution in [3.63, 3.8) is 0 Å². The van der Waals surface area contributed by atoms with Gasteiger partial charge in [-0.15, -0.1) is 0 Å². The Kier molecular flexibility index (Phi) is 4.95. The maximum atomic E-state index is 13.4. The molecule has 0 N–H and O–H groups in total. The molecule has 0 radical (unpaired) electrons. The summed E-state index contributed by atoms with van der Waals surface area (Å²) in [5, 5.41) is 2.40. The van der Waals surface area contributed by atoms with Crippen LogP contribution in [-0.4, -0.2) is 13.0 Å². The van der Waals surface area contributed by atoms with Crippen LogP contribution in [0.1, 0.15) is 34.6 Å². The lowest BCUT2D eigenvalue weighted by atomic mass is 9.81. The molecule has 0 spiro atoms. The Morgan fingerprint density at radius 3 is 2.58 bits per heavy atom. The van der Waals surface area contributed by atoms with Gasteiger partial charge in [-0.1, -0.05) is 66.7 Å². The first-order valence-corrected chi connectivity index (χ1v) is 10.7. The largest absolute Gasteiger partial charge is 0.497 e. The van der Waals surface area contributed by atoms with Crippen molar-refractivity contribution in [3.8, 4) is 5.75 Å². The number of anilines is 1. The number of methoxy groups -OCH3 is 1. The molecule has 0 aromatic heterocycles. The lowest BCUT2D eigenvalue weighted by Gasteiger charge is -2.36. The lowest BCUT2D eigenvalue weighted by molar-refractivity contribution is -0.119. The molecule has 0 saturated carbocycles. The van der Waals surface area contributed by atoms with E-state index in [9.17, 15) is 4.79 Å². The number of benzene rings is 4. The van der Waals surface area contributed by atoms with Gasteiger partial charge in [0.05, 0.1) is 13.7 Å². The van der Waals surface area contributed by atoms with Crippen molar-refractivity contribution in [1.82, 2.24) is 0 Å². The number of hydrogen-bond acceptors (Lipinski definition) is 2. The minimum Gasteiger partial charge on any atom is -0.497 e. The van der Waals surface area contributed by atoms with E-state index in [1.807, 2.05) is 29.2 Å². The summed E-state index contributed by atoms with van der Waals surface area (Å²) in [4.78, 5) is 15.4. The number of amides is 1. The summed E-state index contributed by atoms with van der Waals surface area (Å²) >= 11 is 0. The van der Waals surface area contributed by atoms with Crippen molar-refractivity contribution in [2.75, 3.05) is 12.0 Å². The molecule has 0 saturated heterocycles. The monoisotopic (exact) mass is 407 g/mol. The second-order valence-corrected chi connectivity index (χ2v) is 8.16. The van der Waals surface area contributed by atoms with Gasteiger partial charge in [0.15, 0.2) is 0 Å². The summed E-state index contributed by atoms with van der Waals surface area (Å²) in [6.07, 6.45) is 0.445. The molecule has 154 valence electrons. The van der Waals surface area contributed by atoms with Crippen LogP contribution in [0.15, 0.2) is 84.9 Å². The third-order valence-corrected chi connectivity index (χ3v) is 6.35. The van der Waals surface area contributed by atoms with Crippen LogP contribution in [0.25, 0.3) is 10.8 Å². The average molecular weight is 408 g/mol. The van der Waals surface area contributed by atoms with Crippen LogP contribution < -0.4 is 9.64 Å². The zero-order valence-corrected chi connectivity index (χ0v) is 17.8. The topological polar surface area (TPSA) is 29.5 Å². The zero-order valence-electron chi connectivity index (χ0n) is 17.8. The first-order chi connectivity index (χ1) is 15.2. The fraction of sp³-hybridized carbons (Fsp3) is 0.179. The molecule has 0 fully saturated rings. The van der Waals surface area contributed by atoms with Crippen LogP contribution in [0.2, 0.25) is 0 Å². The first kappa shape index (κ1) is 19.4. The van der Waals surface area contributed by atoms with E-state index in [0.29, 0.717) is 13.0 Å². The molecular weight excluding hydrogens is 382 g/mol. The maximum Gasteiger partial charge on any atom is 0.228 e. The summed E-state index contributed by atoms with van der Waals surface area (Å²) in [7, 11) is 1.68. The Morgan fingerprint density at radius 1 is 0.935 bits per heavy atom. The lowest BCUT2D eigenvalue weighted by Crippen LogP contribution is -2.36. The summed E-state index contributed by atoms with van der Waals surface area (Å²) in [6.45, 7) is 2.69. The SMILES string of the molecule is COc1cccc(C2CC(=O)N(Cc3ccccc3C)c3ccc4ccccc4c32)c1. The van der Waals surface area contributed by atoms with Gasteiger partial charge in [0.2, 0.25) is 5.91 Å². The number of fused-ring (bicyclic) bond motifs is 3. The van der Waals surface area contributed by atoms with Gasteiger partial charge in [-0.05, 0) is 58.1 Å². The fourth-order valence-electron chi connectivity index (χ4n) is 4.68. The summed E-state index contributed by atoms with van der Waals surface area (Å²) in [5.74, 6) is 0.963. The predicted octanol–water partition coefficient (Wildman–Crippen LogP) is 6.23. The molecule has 31 heavy (non-hydrogen) atoms. The normalized spacial score (nSPS) is 15.7. The van der Waals surface area contributed by atoms with Gasteiger partial charge in [-0.25, -0.2) is 0 Å². The van der Waals surface area contributed by atoms with Crippen LogP contribution in [-0.2, 0) is 11.3 Å². The van der Waals surface area contributed by atoms with Crippen molar-refractivity contribution in [3.05, 3.63) is 107 Å². The molecule has 3 nitrogen and oxygen atoms in total. The molecule has 1 heterocycles. The maximum absolute atomic E-state index is 13.4. The first-order valence-electron chi connectivity index (χ1n) is 10.7. The highest BCUT2D eigenvalue weighted by molar-refractivity contribution is 6.03. The predicted molar refractivity (Wildman–Crippen MR) is 126 cm³/mol. The van der Waals surface area contributed by atoms with E-state index >= 15 is 0 Å². The molecule has 4 aromatic carbocycles. The molecule has 1 amide bonds. The standard InChI is InChI=1S/C28H25NO2/c1-19-8-3-4-10-22(19)18-29-26-15-14-20-9-5-6-13-24(20)28(26)25(17-27(29)30)21-11-7-12-23(16-21)31-2/h3-16,25H,17-18H2,1-2H3. The van der Waals surface area contributed by atoms with Crippen LogP contribution in [0.3, 0.4) is 0 Å². The van der Waals surface area contributed by atoms with E-state index in [2.05, 4.69) is 67.6 Å². The van der Waals surface area contributed by atoms with Crippen molar-refractivity contribution in [2.24, 2.45) is 0 Å². The van der Waals surface area contributed by atoms with E-state index in [0.717, 1.165) is 17.0 Å². The molecule has 1 unspecified atom stereocenters. The summed E-state index contributed by atoms with van der Waals surface area (Å²) < 4.78 is 5.47. The smallest absolute Gasteiger partial charge is 0.228 e. The Bertz CT molecular complexity index is 1280. The molecule has 0 aliphatic carbocycles. The highest BCUT2D eigenvalue weighted by Crippen LogP contribution is 2.45. The number of ether oxygens (including phenoxy) is 1. The van der Waals surface area contributed by atoms with Gasteiger partial charge in [0, 0.05) is 18.0 Å². The van der Waals surface area contributed by atoms with Crippen molar-refractivity contribution in [2.45, 2.75) is 25.8 Å². The van der Waals surface area contributed by atoms with Crippen LogP contribution in [0.5, 0.6) is 5.75 Å². The van der Waals surface area contributed by atoms with Crippen LogP contribution >= 0.6 is 0 Å². The van der Waals surface area contributed by atoms with Gasteiger partial charge in [-0.2, -0.15) is 0 Å². The summed E-state index contributed by atoms with van der Waals surface area (Å²) in [5.41, 5.74) is 5.72. The molecule has 0 bridgehead atoms. The second kappa shape index (κ2) is 7.92. The van der Waals surface area contributed by atoms with Crippen LogP contribution in [0, 0.1) is 6.92 Å². The Balaban J connectivity index is 1.69. The quantitative estimate of drug-likeness (QED) is 0.402. The van der Waals surface area contributed by atoms with Gasteiger partial charge in [-0.3, -0.25) is 4.79 Å². The Labute approximate surface area is 182 Å². The summed E-state index contributed by atoms with van der Waals surface area (Å²) in [6, 6.07) is 29.1. The third kappa shape index (κ3) is 3.46. The van der Waals surface area contributed by atoms with Crippen molar-refractivity contribution in [1.29, 1.82) is 0 Å². The number of carbonyl (C=O) groups excluding carboxylic acids is 1. The number of hydrogen-bond donors (Lipinski definition) is 0. The third-order valence-electron chi connectivity index (χ3n) is 6.35. The van der Waals surface area contributed by atoms with E-state index < -0.39 is 0 Å². The van der Waals surface area contributed by atoms with Gasteiger partial charge in [0.1, 0.15) is 5.75 Å². The number of nitrogens with zero attached hydrogens (tertiary/aromatic N) is 1. The van der Waals surface area contributed by atoms with E-state index in [4.69, 9.17) is 4.74 Å². The Hall–Kier alpha value is -3.59. The minimum absolute atomic E-state index is 0.00294. The van der Waals surface area contributed by atoms with E-state index in [1.165, 1.54) is 27.5 Å². The molecule has 3 heteroatoms. The zero-order chi connectivity index (χ0) is 21.4. The van der Waals surface area contributed by atoms with Crippen LogP contribution in [0.4, 0.5) is 5.69 Å². The minimum atomic E-state index is -0.00294. The van der Waals surface area contributed by atoms with Crippen molar-refractivity contribution >= 4 is 22.4 Å². The highest BCUT2D eigenvalue weighted by atomic mass is 16.5. The number of carbonyl (C=O) groups is 1. The average Bonchev–Trinajstić information content (AvgIpc) is 2.81. The number of aryl methyl sites for hydroxylation is 1. The molecule has 1 aliphatic heterocycles. The van der Waals surface area contributed by atoms with E-state index in [-0.39, 0.29) is 11.8 Å². The van der Waals surface area contributed by atoms with Crippen molar-refractivity contribution < 1.29 is 9.53 Å². The Morgan fingerprint density at radius 2 is 1.74 bits per heavy atom. The fourth-order valence-corrected chi connectivity index (χ4v) is 4.68. The molecular formula is C28H25NO2. The number of rotatable bonds is 4. The highest BCUT2D eigenvalue weighted by Gasteiger charge is 2.34. The molecule has 1 atom stereocenters. The molecule has 1 aliphatic rings. The molecule has 5 rings (SSSR count). The van der Waals surface area contributed by atoms with E-state index in [1.54, 1.807) is 7.11 Å².